The second-order valence-corrected chi connectivity index (χ2v) is 5.93. The first-order valence-corrected chi connectivity index (χ1v) is 7.28. The minimum atomic E-state index is -0.488. The van der Waals surface area contributed by atoms with Gasteiger partial charge in [0.05, 0.1) is 9.95 Å². The monoisotopic (exact) mass is 390 g/mol. The third-order valence-electron chi connectivity index (χ3n) is 2.73. The number of nitro groups is 1. The summed E-state index contributed by atoms with van der Waals surface area (Å²) < 4.78 is 0.605. The molecular formula is C13H9BrCl2N2O3. The number of halogens is 3. The van der Waals surface area contributed by atoms with E-state index in [1.165, 1.54) is 12.1 Å². The molecule has 21 heavy (non-hydrogen) atoms. The molecule has 0 saturated carbocycles. The van der Waals surface area contributed by atoms with Crippen LogP contribution in [0.25, 0.3) is 0 Å². The molecule has 0 aromatic heterocycles. The van der Waals surface area contributed by atoms with Crippen LogP contribution in [0.5, 0.6) is 5.75 Å². The lowest BCUT2D eigenvalue weighted by atomic mass is 10.2. The fourth-order valence-electron chi connectivity index (χ4n) is 1.75. The first kappa shape index (κ1) is 15.9. The van der Waals surface area contributed by atoms with E-state index < -0.39 is 4.92 Å². The molecule has 0 unspecified atom stereocenters. The average Bonchev–Trinajstić information content (AvgIpc) is 2.42. The third-order valence-corrected chi connectivity index (χ3v) is 3.73. The molecule has 2 aromatic rings. The van der Waals surface area contributed by atoms with Gasteiger partial charge in [0.25, 0.3) is 5.69 Å². The lowest BCUT2D eigenvalue weighted by molar-refractivity contribution is -0.384. The van der Waals surface area contributed by atoms with Crippen molar-refractivity contribution in [1.82, 2.24) is 0 Å². The smallest absolute Gasteiger partial charge is 0.293 e. The summed E-state index contributed by atoms with van der Waals surface area (Å²) in [6.07, 6.45) is 0. The molecule has 5 nitrogen and oxygen atoms in total. The summed E-state index contributed by atoms with van der Waals surface area (Å²) >= 11 is 14.9. The fraction of sp³-hybridized carbons (Fsp3) is 0.0769. The Labute approximate surface area is 138 Å². The topological polar surface area (TPSA) is 75.4 Å². The maximum Gasteiger partial charge on any atom is 0.293 e. The highest BCUT2D eigenvalue weighted by Gasteiger charge is 2.15. The highest BCUT2D eigenvalue weighted by atomic mass is 79.9. The number of nitrogens with one attached hydrogen (secondary N) is 1. The van der Waals surface area contributed by atoms with Gasteiger partial charge in [-0.05, 0) is 24.3 Å². The van der Waals surface area contributed by atoms with Gasteiger partial charge in [0.1, 0.15) is 11.4 Å². The van der Waals surface area contributed by atoms with Gasteiger partial charge in [-0.15, -0.1) is 0 Å². The van der Waals surface area contributed by atoms with Gasteiger partial charge in [-0.25, -0.2) is 0 Å². The van der Waals surface area contributed by atoms with Crippen LogP contribution in [-0.4, -0.2) is 10.0 Å². The molecule has 0 saturated heterocycles. The van der Waals surface area contributed by atoms with E-state index in [0.717, 1.165) is 0 Å². The Morgan fingerprint density at radius 2 is 2.00 bits per heavy atom. The fourth-order valence-corrected chi connectivity index (χ4v) is 2.63. The second-order valence-electron chi connectivity index (χ2n) is 4.17. The maximum atomic E-state index is 11.0. The van der Waals surface area contributed by atoms with Crippen LogP contribution in [0.1, 0.15) is 5.56 Å². The molecule has 0 aliphatic heterocycles. The lowest BCUT2D eigenvalue weighted by Gasteiger charge is -2.10. The SMILES string of the molecule is O=[N+]([O-])c1cc(Br)ccc1NCc1cc(Cl)cc(Cl)c1O. The molecule has 0 bridgehead atoms. The summed E-state index contributed by atoms with van der Waals surface area (Å²) in [6.45, 7) is 0.147. The minimum absolute atomic E-state index is 0.0722. The molecule has 0 heterocycles. The van der Waals surface area contributed by atoms with Crippen LogP contribution in [0, 0.1) is 10.1 Å². The van der Waals surface area contributed by atoms with Gasteiger partial charge in [0.15, 0.2) is 0 Å². The Morgan fingerprint density at radius 3 is 2.67 bits per heavy atom. The number of phenolic OH excluding ortho intramolecular Hbond substituents is 1. The van der Waals surface area contributed by atoms with Crippen molar-refractivity contribution in [3.05, 3.63) is 60.5 Å². The van der Waals surface area contributed by atoms with Crippen molar-refractivity contribution in [2.75, 3.05) is 5.32 Å². The predicted molar refractivity (Wildman–Crippen MR) is 86.2 cm³/mol. The number of anilines is 1. The van der Waals surface area contributed by atoms with Gasteiger partial charge in [-0.2, -0.15) is 0 Å². The molecule has 0 amide bonds. The molecule has 0 atom stereocenters. The van der Waals surface area contributed by atoms with Crippen molar-refractivity contribution in [1.29, 1.82) is 0 Å². The van der Waals surface area contributed by atoms with Crippen LogP contribution >= 0.6 is 39.1 Å². The van der Waals surface area contributed by atoms with Crippen molar-refractivity contribution in [3.8, 4) is 5.75 Å². The zero-order valence-electron chi connectivity index (χ0n) is 10.4. The van der Waals surface area contributed by atoms with Gasteiger partial charge in [-0.3, -0.25) is 10.1 Å². The molecule has 8 heteroatoms. The van der Waals surface area contributed by atoms with Crippen LogP contribution in [0.3, 0.4) is 0 Å². The number of rotatable bonds is 4. The zero-order chi connectivity index (χ0) is 15.6. The summed E-state index contributed by atoms with van der Waals surface area (Å²) in [5, 5.41) is 24.3. The Bertz CT molecular complexity index is 710. The molecule has 2 N–H and O–H groups in total. The normalized spacial score (nSPS) is 10.4. The number of aromatic hydroxyl groups is 1. The van der Waals surface area contributed by atoms with Gasteiger partial charge >= 0.3 is 0 Å². The molecule has 0 aliphatic carbocycles. The molecule has 2 rings (SSSR count). The highest BCUT2D eigenvalue weighted by molar-refractivity contribution is 9.10. The van der Waals surface area contributed by atoms with E-state index in [2.05, 4.69) is 21.2 Å². The van der Waals surface area contributed by atoms with Crippen molar-refractivity contribution < 1.29 is 10.0 Å². The number of nitro benzene ring substituents is 1. The van der Waals surface area contributed by atoms with E-state index in [9.17, 15) is 15.2 Å². The molecular weight excluding hydrogens is 383 g/mol. The van der Waals surface area contributed by atoms with Crippen molar-refractivity contribution in [2.45, 2.75) is 6.54 Å². The number of hydrogen-bond acceptors (Lipinski definition) is 4. The molecule has 110 valence electrons. The van der Waals surface area contributed by atoms with Crippen molar-refractivity contribution >= 4 is 50.5 Å². The van der Waals surface area contributed by atoms with Crippen LogP contribution in [0.4, 0.5) is 11.4 Å². The Hall–Kier alpha value is -1.50. The lowest BCUT2D eigenvalue weighted by Crippen LogP contribution is -2.03. The van der Waals surface area contributed by atoms with E-state index in [4.69, 9.17) is 23.2 Å². The van der Waals surface area contributed by atoms with Crippen LogP contribution < -0.4 is 5.32 Å². The largest absolute Gasteiger partial charge is 0.506 e. The van der Waals surface area contributed by atoms with E-state index in [1.54, 1.807) is 18.2 Å². The number of phenols is 1. The van der Waals surface area contributed by atoms with Gasteiger partial charge in [0.2, 0.25) is 0 Å². The van der Waals surface area contributed by atoms with Crippen molar-refractivity contribution in [3.63, 3.8) is 0 Å². The summed E-state index contributed by atoms with van der Waals surface area (Å²) in [7, 11) is 0. The van der Waals surface area contributed by atoms with Gasteiger partial charge < -0.3 is 10.4 Å². The quantitative estimate of drug-likeness (QED) is 0.569. The minimum Gasteiger partial charge on any atom is -0.506 e. The number of benzene rings is 2. The summed E-state index contributed by atoms with van der Waals surface area (Å²) in [5.74, 6) is -0.103. The Kier molecular flexibility index (Phi) is 4.92. The van der Waals surface area contributed by atoms with Crippen LogP contribution in [0.15, 0.2) is 34.8 Å². The first-order valence-electron chi connectivity index (χ1n) is 5.73. The summed E-state index contributed by atoms with van der Waals surface area (Å²) in [5.41, 5.74) is 0.709. The van der Waals surface area contributed by atoms with Crippen LogP contribution in [-0.2, 0) is 6.54 Å². The molecule has 0 aliphatic rings. The molecule has 0 spiro atoms. The standard InChI is InChI=1S/C13H9BrCl2N2O3/c14-8-1-2-11(12(4-8)18(20)21)17-6-7-3-9(15)5-10(16)13(7)19/h1-5,17,19H,6H2. The van der Waals surface area contributed by atoms with E-state index >= 15 is 0 Å². The van der Waals surface area contributed by atoms with Gasteiger partial charge in [-0.1, -0.05) is 39.1 Å². The van der Waals surface area contributed by atoms with Crippen LogP contribution in [0.2, 0.25) is 10.0 Å². The summed E-state index contributed by atoms with van der Waals surface area (Å²) in [6, 6.07) is 7.61. The van der Waals surface area contributed by atoms with E-state index in [0.29, 0.717) is 20.7 Å². The number of hydrogen-bond donors (Lipinski definition) is 2. The van der Waals surface area contributed by atoms with E-state index in [1.807, 2.05) is 0 Å². The molecule has 2 aromatic carbocycles. The summed E-state index contributed by atoms with van der Waals surface area (Å²) in [4.78, 5) is 10.5. The first-order chi connectivity index (χ1) is 9.88. The van der Waals surface area contributed by atoms with E-state index in [-0.39, 0.29) is 23.0 Å². The molecule has 0 radical (unpaired) electrons. The zero-order valence-corrected chi connectivity index (χ0v) is 13.5. The Balaban J connectivity index is 2.27. The Morgan fingerprint density at radius 1 is 1.29 bits per heavy atom. The average molecular weight is 392 g/mol. The highest BCUT2D eigenvalue weighted by Crippen LogP contribution is 2.33. The third kappa shape index (κ3) is 3.78. The van der Waals surface area contributed by atoms with Gasteiger partial charge in [0, 0.05) is 27.7 Å². The van der Waals surface area contributed by atoms with Crippen molar-refractivity contribution in [2.24, 2.45) is 0 Å². The molecule has 0 fully saturated rings. The number of nitrogens with zero attached hydrogens (tertiary/aromatic N) is 1. The maximum absolute atomic E-state index is 11.0. The predicted octanol–water partition coefficient (Wildman–Crippen LogP) is 4.98. The second kappa shape index (κ2) is 6.51.